The van der Waals surface area contributed by atoms with Crippen molar-refractivity contribution < 1.29 is 9.53 Å². The van der Waals surface area contributed by atoms with Gasteiger partial charge in [0.1, 0.15) is 6.10 Å². The van der Waals surface area contributed by atoms with Crippen molar-refractivity contribution in [3.05, 3.63) is 30.1 Å². The van der Waals surface area contributed by atoms with Crippen LogP contribution in [0.5, 0.6) is 0 Å². The lowest BCUT2D eigenvalue weighted by molar-refractivity contribution is -0.141. The first-order chi connectivity index (χ1) is 6.84. The second kappa shape index (κ2) is 4.22. The van der Waals surface area contributed by atoms with E-state index >= 15 is 0 Å². The van der Waals surface area contributed by atoms with Gasteiger partial charge in [0.2, 0.25) is 0 Å². The van der Waals surface area contributed by atoms with Gasteiger partial charge in [-0.2, -0.15) is 0 Å². The number of pyridine rings is 1. The number of cyclic esters (lactones) is 1. The molecule has 0 aromatic carbocycles. The molecule has 1 aromatic rings. The number of hydrogen-bond donors (Lipinski definition) is 0. The molecule has 1 aliphatic heterocycles. The summed E-state index contributed by atoms with van der Waals surface area (Å²) in [5, 5.41) is 0. The molecule has 0 spiro atoms. The smallest absolute Gasteiger partial charge is 0.306 e. The molecule has 1 atom stereocenters. The van der Waals surface area contributed by atoms with Gasteiger partial charge in [0, 0.05) is 18.3 Å². The third kappa shape index (κ3) is 2.31. The maximum atomic E-state index is 10.8. The van der Waals surface area contributed by atoms with Gasteiger partial charge >= 0.3 is 5.97 Å². The van der Waals surface area contributed by atoms with Gasteiger partial charge in [-0.1, -0.05) is 6.07 Å². The Kier molecular flexibility index (Phi) is 2.77. The summed E-state index contributed by atoms with van der Waals surface area (Å²) in [6.07, 6.45) is 5.13. The third-order valence-electron chi connectivity index (χ3n) is 2.42. The first kappa shape index (κ1) is 9.19. The Morgan fingerprint density at radius 2 is 2.43 bits per heavy atom. The number of carbonyl (C=O) groups is 1. The van der Waals surface area contributed by atoms with Gasteiger partial charge in [-0.05, 0) is 31.4 Å². The zero-order valence-corrected chi connectivity index (χ0v) is 7.98. The van der Waals surface area contributed by atoms with Gasteiger partial charge < -0.3 is 4.74 Å². The first-order valence-corrected chi connectivity index (χ1v) is 4.94. The average Bonchev–Trinajstić information content (AvgIpc) is 2.63. The van der Waals surface area contributed by atoms with Crippen molar-refractivity contribution in [3.8, 4) is 0 Å². The van der Waals surface area contributed by atoms with Gasteiger partial charge in [-0.25, -0.2) is 0 Å². The van der Waals surface area contributed by atoms with Gasteiger partial charge in [0.05, 0.1) is 0 Å². The van der Waals surface area contributed by atoms with Crippen LogP contribution in [-0.4, -0.2) is 17.1 Å². The predicted octanol–water partition coefficient (Wildman–Crippen LogP) is 1.72. The lowest BCUT2D eigenvalue weighted by Crippen LogP contribution is -2.08. The van der Waals surface area contributed by atoms with Crippen molar-refractivity contribution in [2.75, 3.05) is 0 Å². The van der Waals surface area contributed by atoms with Crippen molar-refractivity contribution >= 4 is 5.97 Å². The molecule has 0 radical (unpaired) electrons. The van der Waals surface area contributed by atoms with E-state index in [0.29, 0.717) is 6.42 Å². The number of aryl methyl sites for hydroxylation is 1. The monoisotopic (exact) mass is 191 g/mol. The normalized spacial score (nSPS) is 20.9. The first-order valence-electron chi connectivity index (χ1n) is 4.94. The average molecular weight is 191 g/mol. The van der Waals surface area contributed by atoms with Gasteiger partial charge in [-0.15, -0.1) is 0 Å². The number of ether oxygens (including phenoxy) is 1. The zero-order chi connectivity index (χ0) is 9.80. The minimum Gasteiger partial charge on any atom is -0.462 e. The van der Waals surface area contributed by atoms with Crippen LogP contribution in [0.1, 0.15) is 25.0 Å². The summed E-state index contributed by atoms with van der Waals surface area (Å²) in [5.74, 6) is -0.0592. The van der Waals surface area contributed by atoms with Crippen LogP contribution in [0.3, 0.4) is 0 Å². The fraction of sp³-hybridized carbons (Fsp3) is 0.455. The van der Waals surface area contributed by atoms with Crippen molar-refractivity contribution in [1.29, 1.82) is 0 Å². The summed E-state index contributed by atoms with van der Waals surface area (Å²) in [6.45, 7) is 0. The lowest BCUT2D eigenvalue weighted by Gasteiger charge is -2.07. The molecule has 0 saturated carbocycles. The quantitative estimate of drug-likeness (QED) is 0.683. The summed E-state index contributed by atoms with van der Waals surface area (Å²) in [7, 11) is 0. The summed E-state index contributed by atoms with van der Waals surface area (Å²) < 4.78 is 5.12. The Balaban J connectivity index is 1.80. The lowest BCUT2D eigenvalue weighted by atomic mass is 10.1. The van der Waals surface area contributed by atoms with Crippen LogP contribution in [0.15, 0.2) is 24.4 Å². The molecule has 3 heteroatoms. The molecular formula is C11H13NO2. The van der Waals surface area contributed by atoms with Crippen LogP contribution >= 0.6 is 0 Å². The van der Waals surface area contributed by atoms with Gasteiger partial charge in [-0.3, -0.25) is 9.78 Å². The van der Waals surface area contributed by atoms with E-state index in [0.717, 1.165) is 25.0 Å². The van der Waals surface area contributed by atoms with E-state index in [2.05, 4.69) is 4.98 Å². The summed E-state index contributed by atoms with van der Waals surface area (Å²) >= 11 is 0. The van der Waals surface area contributed by atoms with Crippen LogP contribution in [0.25, 0.3) is 0 Å². The molecule has 0 unspecified atom stereocenters. The minimum absolute atomic E-state index is 0.0592. The molecule has 2 heterocycles. The zero-order valence-electron chi connectivity index (χ0n) is 7.98. The van der Waals surface area contributed by atoms with E-state index in [9.17, 15) is 4.79 Å². The van der Waals surface area contributed by atoms with E-state index in [4.69, 9.17) is 4.74 Å². The van der Waals surface area contributed by atoms with Crippen molar-refractivity contribution in [1.82, 2.24) is 4.98 Å². The summed E-state index contributed by atoms with van der Waals surface area (Å²) in [5.41, 5.74) is 1.07. The molecule has 14 heavy (non-hydrogen) atoms. The Hall–Kier alpha value is -1.38. The molecule has 1 aliphatic rings. The number of aromatic nitrogens is 1. The maximum Gasteiger partial charge on any atom is 0.306 e. The van der Waals surface area contributed by atoms with Crippen LogP contribution in [0, 0.1) is 0 Å². The Morgan fingerprint density at radius 1 is 1.50 bits per heavy atom. The van der Waals surface area contributed by atoms with Crippen LogP contribution < -0.4 is 0 Å². The molecule has 1 fully saturated rings. The van der Waals surface area contributed by atoms with Crippen LogP contribution in [-0.2, 0) is 16.0 Å². The molecule has 1 saturated heterocycles. The summed E-state index contributed by atoms with van der Waals surface area (Å²) in [4.78, 5) is 15.0. The van der Waals surface area contributed by atoms with Gasteiger partial charge in [0.25, 0.3) is 0 Å². The van der Waals surface area contributed by atoms with E-state index in [1.165, 1.54) is 0 Å². The topological polar surface area (TPSA) is 39.2 Å². The minimum atomic E-state index is -0.0592. The predicted molar refractivity (Wildman–Crippen MR) is 51.7 cm³/mol. The van der Waals surface area contributed by atoms with Crippen LogP contribution in [0.4, 0.5) is 0 Å². The largest absolute Gasteiger partial charge is 0.462 e. The highest BCUT2D eigenvalue weighted by atomic mass is 16.5. The Morgan fingerprint density at radius 3 is 3.07 bits per heavy atom. The fourth-order valence-electron chi connectivity index (χ4n) is 1.64. The van der Waals surface area contributed by atoms with Crippen molar-refractivity contribution in [2.45, 2.75) is 31.8 Å². The number of rotatable bonds is 3. The number of nitrogens with zero attached hydrogens (tertiary/aromatic N) is 1. The van der Waals surface area contributed by atoms with Gasteiger partial charge in [0.15, 0.2) is 0 Å². The molecule has 0 amide bonds. The summed E-state index contributed by atoms with van der Waals surface area (Å²) in [6, 6.07) is 5.87. The SMILES string of the molecule is O=C1CC[C@H](CCc2ccccn2)O1. The van der Waals surface area contributed by atoms with E-state index in [1.807, 2.05) is 18.2 Å². The van der Waals surface area contributed by atoms with E-state index < -0.39 is 0 Å². The van der Waals surface area contributed by atoms with Crippen LogP contribution in [0.2, 0.25) is 0 Å². The van der Waals surface area contributed by atoms with E-state index in [-0.39, 0.29) is 12.1 Å². The van der Waals surface area contributed by atoms with E-state index in [1.54, 1.807) is 6.20 Å². The highest BCUT2D eigenvalue weighted by Gasteiger charge is 2.22. The standard InChI is InChI=1S/C11H13NO2/c13-11-7-6-10(14-11)5-4-9-3-1-2-8-12-9/h1-3,8,10H,4-7H2/t10-/m0/s1. The highest BCUT2D eigenvalue weighted by molar-refractivity contribution is 5.71. The molecule has 2 rings (SSSR count). The molecule has 0 bridgehead atoms. The number of esters is 1. The second-order valence-electron chi connectivity index (χ2n) is 3.51. The Bertz CT molecular complexity index is 310. The number of carbonyl (C=O) groups excluding carboxylic acids is 1. The maximum absolute atomic E-state index is 10.8. The molecule has 0 N–H and O–H groups in total. The molecule has 74 valence electrons. The molecule has 3 nitrogen and oxygen atoms in total. The number of hydrogen-bond acceptors (Lipinski definition) is 3. The third-order valence-corrected chi connectivity index (χ3v) is 2.42. The second-order valence-corrected chi connectivity index (χ2v) is 3.51. The molecular weight excluding hydrogens is 178 g/mol. The Labute approximate surface area is 83.1 Å². The van der Waals surface area contributed by atoms with Crippen molar-refractivity contribution in [3.63, 3.8) is 0 Å². The fourth-order valence-corrected chi connectivity index (χ4v) is 1.64. The van der Waals surface area contributed by atoms with Crippen molar-refractivity contribution in [2.24, 2.45) is 0 Å². The molecule has 1 aromatic heterocycles. The highest BCUT2D eigenvalue weighted by Crippen LogP contribution is 2.18. The molecule has 0 aliphatic carbocycles.